The minimum atomic E-state index is -0.106. The topological polar surface area (TPSA) is 20.5 Å². The lowest BCUT2D eigenvalue weighted by molar-refractivity contribution is 0.660. The zero-order valence-corrected chi connectivity index (χ0v) is 32.8. The molecule has 58 heavy (non-hydrogen) atoms. The Hall–Kier alpha value is -7.23. The van der Waals surface area contributed by atoms with Crippen LogP contribution in [0.15, 0.2) is 194 Å². The summed E-state index contributed by atoms with van der Waals surface area (Å²) in [6, 6.07) is 70.6. The summed E-state index contributed by atoms with van der Waals surface area (Å²) in [5.74, 6) is 0. The molecule has 0 amide bonds. The molecule has 276 valence electrons. The molecule has 8 aromatic carbocycles. The van der Waals surface area contributed by atoms with E-state index in [4.69, 9.17) is 5.10 Å². The minimum Gasteiger partial charge on any atom is -0.310 e. The average Bonchev–Trinajstić information content (AvgIpc) is 3.74. The van der Waals surface area contributed by atoms with Gasteiger partial charge in [-0.2, -0.15) is 5.10 Å². The molecule has 0 aliphatic heterocycles. The van der Waals surface area contributed by atoms with Gasteiger partial charge in [0.1, 0.15) is 0 Å². The third-order valence-electron chi connectivity index (χ3n) is 12.4. The number of nitrogens with zero attached hydrogens (tertiary/aromatic N) is 3. The number of anilines is 3. The van der Waals surface area contributed by atoms with Crippen molar-refractivity contribution in [2.24, 2.45) is 0 Å². The quantitative estimate of drug-likeness (QED) is 0.169. The molecule has 10 aromatic rings. The van der Waals surface area contributed by atoms with Crippen LogP contribution in [0.4, 0.5) is 17.1 Å². The van der Waals surface area contributed by atoms with Gasteiger partial charge in [-0.3, -0.25) is 0 Å². The van der Waals surface area contributed by atoms with Crippen LogP contribution >= 0.6 is 0 Å². The maximum atomic E-state index is 5.30. The Morgan fingerprint density at radius 3 is 1.95 bits per heavy atom. The van der Waals surface area contributed by atoms with Crippen LogP contribution < -0.4 is 4.90 Å². The summed E-state index contributed by atoms with van der Waals surface area (Å²) in [6.45, 7) is 6.91. The molecule has 0 unspecified atom stereocenters. The average molecular weight is 744 g/mol. The molecule has 2 heterocycles. The van der Waals surface area contributed by atoms with Gasteiger partial charge in [0.2, 0.25) is 0 Å². The van der Waals surface area contributed by atoms with Gasteiger partial charge in [-0.25, -0.2) is 4.52 Å². The molecule has 3 nitrogen and oxygen atoms in total. The summed E-state index contributed by atoms with van der Waals surface area (Å²) in [7, 11) is 0. The van der Waals surface area contributed by atoms with E-state index in [1.165, 1.54) is 49.4 Å². The smallest absolute Gasteiger partial charge is 0.0963 e. The van der Waals surface area contributed by atoms with Crippen LogP contribution in [0, 0.1) is 6.92 Å². The van der Waals surface area contributed by atoms with Gasteiger partial charge in [0.05, 0.1) is 22.6 Å². The molecule has 2 aromatic heterocycles. The van der Waals surface area contributed by atoms with E-state index >= 15 is 0 Å². The van der Waals surface area contributed by atoms with Gasteiger partial charge in [0.15, 0.2) is 0 Å². The summed E-state index contributed by atoms with van der Waals surface area (Å²) < 4.78 is 2.14. The molecule has 0 radical (unpaired) electrons. The Kier molecular flexibility index (Phi) is 7.74. The van der Waals surface area contributed by atoms with Gasteiger partial charge < -0.3 is 4.90 Å². The molecular weight excluding hydrogens is 703 g/mol. The summed E-state index contributed by atoms with van der Waals surface area (Å²) in [4.78, 5) is 2.44. The highest BCUT2D eigenvalue weighted by atomic mass is 15.2. The number of aromatic nitrogens is 2. The van der Waals surface area contributed by atoms with Gasteiger partial charge in [-0.1, -0.05) is 172 Å². The number of fused-ring (bicyclic) bond motifs is 7. The van der Waals surface area contributed by atoms with Crippen LogP contribution in [0.25, 0.3) is 71.8 Å². The summed E-state index contributed by atoms with van der Waals surface area (Å²) in [5.41, 5.74) is 17.7. The second-order valence-electron chi connectivity index (χ2n) is 16.1. The summed E-state index contributed by atoms with van der Waals surface area (Å²) in [5, 5.41) is 10.2. The van der Waals surface area contributed by atoms with Gasteiger partial charge in [0, 0.05) is 44.3 Å². The number of hydrogen-bond donors (Lipinski definition) is 0. The van der Waals surface area contributed by atoms with E-state index in [0.717, 1.165) is 56.2 Å². The molecule has 0 spiro atoms. The maximum Gasteiger partial charge on any atom is 0.0963 e. The monoisotopic (exact) mass is 743 g/mol. The van der Waals surface area contributed by atoms with E-state index < -0.39 is 0 Å². The highest BCUT2D eigenvalue weighted by Gasteiger charge is 2.36. The van der Waals surface area contributed by atoms with E-state index in [1.54, 1.807) is 0 Å². The van der Waals surface area contributed by atoms with Crippen molar-refractivity contribution < 1.29 is 0 Å². The van der Waals surface area contributed by atoms with Crippen molar-refractivity contribution in [3.63, 3.8) is 0 Å². The molecular formula is C55H41N3. The molecule has 3 heteroatoms. The number of aryl methyl sites for hydroxylation is 1. The van der Waals surface area contributed by atoms with Crippen LogP contribution in [0.5, 0.6) is 0 Å². The van der Waals surface area contributed by atoms with Gasteiger partial charge in [0.25, 0.3) is 0 Å². The highest BCUT2D eigenvalue weighted by molar-refractivity contribution is 6.02. The van der Waals surface area contributed by atoms with Gasteiger partial charge in [-0.15, -0.1) is 0 Å². The molecule has 0 fully saturated rings. The molecule has 1 aliphatic rings. The fraction of sp³-hybridized carbons (Fsp3) is 0.0727. The first-order valence-corrected chi connectivity index (χ1v) is 20.1. The van der Waals surface area contributed by atoms with E-state index in [0.29, 0.717) is 0 Å². The number of hydrogen-bond acceptors (Lipinski definition) is 2. The van der Waals surface area contributed by atoms with Crippen LogP contribution in [0.1, 0.15) is 30.5 Å². The van der Waals surface area contributed by atoms with Crippen LogP contribution in [-0.2, 0) is 5.41 Å². The zero-order valence-electron chi connectivity index (χ0n) is 32.8. The lowest BCUT2D eigenvalue weighted by Crippen LogP contribution is -2.16. The molecule has 0 saturated carbocycles. The van der Waals surface area contributed by atoms with Crippen molar-refractivity contribution in [1.29, 1.82) is 0 Å². The number of rotatable bonds is 6. The fourth-order valence-corrected chi connectivity index (χ4v) is 9.43. The first-order chi connectivity index (χ1) is 28.4. The number of pyridine rings is 1. The third kappa shape index (κ3) is 5.31. The van der Waals surface area contributed by atoms with E-state index in [2.05, 4.69) is 224 Å². The molecule has 0 bridgehead atoms. The van der Waals surface area contributed by atoms with Crippen molar-refractivity contribution in [2.45, 2.75) is 26.2 Å². The largest absolute Gasteiger partial charge is 0.310 e. The van der Waals surface area contributed by atoms with E-state index in [9.17, 15) is 0 Å². The molecule has 0 N–H and O–H groups in total. The van der Waals surface area contributed by atoms with Gasteiger partial charge in [-0.05, 0) is 87.5 Å². The zero-order chi connectivity index (χ0) is 39.0. The Morgan fingerprint density at radius 1 is 0.466 bits per heavy atom. The molecule has 0 saturated heterocycles. The lowest BCUT2D eigenvalue weighted by atomic mass is 9.82. The van der Waals surface area contributed by atoms with Crippen LogP contribution in [0.2, 0.25) is 0 Å². The Bertz CT molecular complexity index is 3200. The fourth-order valence-electron chi connectivity index (χ4n) is 9.43. The first-order valence-electron chi connectivity index (χ1n) is 20.1. The lowest BCUT2D eigenvalue weighted by Gasteiger charge is -2.29. The molecule has 1 aliphatic carbocycles. The highest BCUT2D eigenvalue weighted by Crippen LogP contribution is 2.51. The predicted molar refractivity (Wildman–Crippen MR) is 243 cm³/mol. The minimum absolute atomic E-state index is 0.106. The van der Waals surface area contributed by atoms with Crippen molar-refractivity contribution in [3.05, 3.63) is 211 Å². The third-order valence-corrected chi connectivity index (χ3v) is 12.4. The second-order valence-corrected chi connectivity index (χ2v) is 16.1. The van der Waals surface area contributed by atoms with Crippen LogP contribution in [0.3, 0.4) is 0 Å². The van der Waals surface area contributed by atoms with Crippen molar-refractivity contribution in [1.82, 2.24) is 9.61 Å². The summed E-state index contributed by atoms with van der Waals surface area (Å²) in [6.07, 6.45) is 0. The maximum absolute atomic E-state index is 5.30. The predicted octanol–water partition coefficient (Wildman–Crippen LogP) is 14.7. The van der Waals surface area contributed by atoms with Crippen LogP contribution in [-0.4, -0.2) is 9.61 Å². The van der Waals surface area contributed by atoms with Gasteiger partial charge >= 0.3 is 0 Å². The second kappa shape index (κ2) is 13.2. The first kappa shape index (κ1) is 34.1. The van der Waals surface area contributed by atoms with E-state index in [-0.39, 0.29) is 5.41 Å². The number of benzene rings is 8. The van der Waals surface area contributed by atoms with E-state index in [1.807, 2.05) is 0 Å². The SMILES string of the molecule is Cc1c(-c2ccc(-c3cccc(N(c4ccc5c(c4)C(C)(C)c4ccccc4-5)c4cccc5ccccc45)c3)cc2)nn2c(-c3ccccc3)cc3ccccc3c12. The normalized spacial score (nSPS) is 12.9. The van der Waals surface area contributed by atoms with Crippen molar-refractivity contribution >= 4 is 44.1 Å². The molecule has 0 atom stereocenters. The van der Waals surface area contributed by atoms with Crippen molar-refractivity contribution in [2.75, 3.05) is 4.90 Å². The molecule has 11 rings (SSSR count). The Morgan fingerprint density at radius 2 is 1.10 bits per heavy atom. The summed E-state index contributed by atoms with van der Waals surface area (Å²) >= 11 is 0. The van der Waals surface area contributed by atoms with Crippen molar-refractivity contribution in [3.8, 4) is 44.8 Å². The standard InChI is InChI=1S/C55H41N3/c1-36-53(56-58-52(39-16-5-4-6-17-39)34-42-18-8-10-23-46(42)54(36)58)40-29-27-37(28-30-40)41-20-13-21-43(33-41)57(51-26-14-19-38-15-7-9-22-45(38)51)44-31-32-48-47-24-11-12-25-49(47)55(2,3)50(48)35-44/h4-35H,1-3H3. The Balaban J connectivity index is 1.02. The Labute approximate surface area is 339 Å².